The molecule has 22 heavy (non-hydrogen) atoms. The standard InChI is InChI=1S/C16H22N4O.ClH/c1-11(10-17-4)16(21)18-14-6-5-7-15(9-14)20-13(3)8-12(2)19-20;/h5-9,11,17H,10H2,1-4H3,(H,18,21);1H. The van der Waals surface area contributed by atoms with E-state index in [4.69, 9.17) is 0 Å². The summed E-state index contributed by atoms with van der Waals surface area (Å²) in [6, 6.07) is 9.75. The van der Waals surface area contributed by atoms with E-state index < -0.39 is 0 Å². The third-order valence-electron chi connectivity index (χ3n) is 3.33. The molecule has 0 aliphatic carbocycles. The van der Waals surface area contributed by atoms with Crippen LogP contribution in [0.3, 0.4) is 0 Å². The van der Waals surface area contributed by atoms with E-state index in [1.54, 1.807) is 0 Å². The highest BCUT2D eigenvalue weighted by Crippen LogP contribution is 2.17. The van der Waals surface area contributed by atoms with Crippen LogP contribution in [0.5, 0.6) is 0 Å². The normalized spacial score (nSPS) is 11.6. The first kappa shape index (κ1) is 18.2. The number of rotatable bonds is 5. The fourth-order valence-electron chi connectivity index (χ4n) is 2.27. The van der Waals surface area contributed by atoms with Gasteiger partial charge in [0.15, 0.2) is 0 Å². The number of carbonyl (C=O) groups is 1. The summed E-state index contributed by atoms with van der Waals surface area (Å²) in [6.45, 7) is 6.54. The van der Waals surface area contributed by atoms with E-state index in [9.17, 15) is 4.79 Å². The Labute approximate surface area is 137 Å². The molecule has 0 fully saturated rings. The monoisotopic (exact) mass is 322 g/mol. The predicted molar refractivity (Wildman–Crippen MR) is 92.0 cm³/mol. The molecule has 0 saturated carbocycles. The second-order valence-corrected chi connectivity index (χ2v) is 5.34. The van der Waals surface area contributed by atoms with E-state index in [1.807, 2.05) is 62.8 Å². The molecule has 1 heterocycles. The Bertz CT molecular complexity index is 639. The topological polar surface area (TPSA) is 59.0 Å². The van der Waals surface area contributed by atoms with Crippen molar-refractivity contribution in [2.45, 2.75) is 20.8 Å². The molecule has 0 radical (unpaired) electrons. The van der Waals surface area contributed by atoms with Crippen LogP contribution in [0, 0.1) is 19.8 Å². The van der Waals surface area contributed by atoms with Gasteiger partial charge in [-0.2, -0.15) is 5.10 Å². The molecule has 0 spiro atoms. The first-order valence-electron chi connectivity index (χ1n) is 7.10. The summed E-state index contributed by atoms with van der Waals surface area (Å²) in [7, 11) is 1.84. The minimum Gasteiger partial charge on any atom is -0.326 e. The molecule has 1 amide bonds. The molecule has 120 valence electrons. The highest BCUT2D eigenvalue weighted by Gasteiger charge is 2.12. The lowest BCUT2D eigenvalue weighted by atomic mass is 10.1. The van der Waals surface area contributed by atoms with Crippen molar-refractivity contribution >= 4 is 24.0 Å². The summed E-state index contributed by atoms with van der Waals surface area (Å²) < 4.78 is 1.88. The van der Waals surface area contributed by atoms with Crippen LogP contribution in [0.15, 0.2) is 30.3 Å². The first-order chi connectivity index (χ1) is 10.0. The van der Waals surface area contributed by atoms with E-state index in [-0.39, 0.29) is 24.2 Å². The van der Waals surface area contributed by atoms with Gasteiger partial charge in [-0.1, -0.05) is 13.0 Å². The molecule has 1 aromatic heterocycles. The molecule has 2 aromatic rings. The quantitative estimate of drug-likeness (QED) is 0.890. The number of nitrogens with zero attached hydrogens (tertiary/aromatic N) is 2. The number of hydrogen-bond acceptors (Lipinski definition) is 3. The van der Waals surface area contributed by atoms with E-state index in [0.29, 0.717) is 6.54 Å². The number of benzene rings is 1. The Hall–Kier alpha value is -1.85. The van der Waals surface area contributed by atoms with Gasteiger partial charge in [0, 0.05) is 23.8 Å². The average Bonchev–Trinajstić information content (AvgIpc) is 2.78. The average molecular weight is 323 g/mol. The van der Waals surface area contributed by atoms with Crippen LogP contribution in [0.2, 0.25) is 0 Å². The summed E-state index contributed by atoms with van der Waals surface area (Å²) in [5, 5.41) is 10.4. The number of aryl methyl sites for hydroxylation is 2. The Morgan fingerprint density at radius 2 is 2.05 bits per heavy atom. The molecule has 6 heteroatoms. The molecular formula is C16H23ClN4O. The van der Waals surface area contributed by atoms with Gasteiger partial charge in [-0.25, -0.2) is 4.68 Å². The number of aromatic nitrogens is 2. The van der Waals surface area contributed by atoms with Crippen molar-refractivity contribution < 1.29 is 4.79 Å². The summed E-state index contributed by atoms with van der Waals surface area (Å²) in [6.07, 6.45) is 0. The highest BCUT2D eigenvalue weighted by molar-refractivity contribution is 5.92. The zero-order valence-electron chi connectivity index (χ0n) is 13.4. The van der Waals surface area contributed by atoms with Crippen LogP contribution in [-0.4, -0.2) is 29.3 Å². The summed E-state index contributed by atoms with van der Waals surface area (Å²) in [5.41, 5.74) is 3.77. The van der Waals surface area contributed by atoms with E-state index in [2.05, 4.69) is 15.7 Å². The maximum atomic E-state index is 12.0. The summed E-state index contributed by atoms with van der Waals surface area (Å²) in [4.78, 5) is 12.0. The van der Waals surface area contributed by atoms with Gasteiger partial charge < -0.3 is 10.6 Å². The fourth-order valence-corrected chi connectivity index (χ4v) is 2.27. The zero-order valence-corrected chi connectivity index (χ0v) is 14.2. The number of carbonyl (C=O) groups excluding carboxylic acids is 1. The molecular weight excluding hydrogens is 300 g/mol. The third kappa shape index (κ3) is 4.32. The maximum Gasteiger partial charge on any atom is 0.228 e. The van der Waals surface area contributed by atoms with Gasteiger partial charge in [0.25, 0.3) is 0 Å². The van der Waals surface area contributed by atoms with Crippen LogP contribution >= 0.6 is 12.4 Å². The predicted octanol–water partition coefficient (Wildman–Crippen LogP) is 2.70. The van der Waals surface area contributed by atoms with Gasteiger partial charge in [-0.3, -0.25) is 4.79 Å². The maximum absolute atomic E-state index is 12.0. The fraction of sp³-hybridized carbons (Fsp3) is 0.375. The molecule has 1 atom stereocenters. The molecule has 0 aliphatic rings. The Morgan fingerprint density at radius 3 is 2.64 bits per heavy atom. The Balaban J connectivity index is 0.00000242. The zero-order chi connectivity index (χ0) is 15.4. The van der Waals surface area contributed by atoms with Crippen LogP contribution in [0.25, 0.3) is 5.69 Å². The Morgan fingerprint density at radius 1 is 1.32 bits per heavy atom. The first-order valence-corrected chi connectivity index (χ1v) is 7.10. The third-order valence-corrected chi connectivity index (χ3v) is 3.33. The number of anilines is 1. The van der Waals surface area contributed by atoms with Crippen LogP contribution in [0.4, 0.5) is 5.69 Å². The largest absolute Gasteiger partial charge is 0.326 e. The molecule has 1 unspecified atom stereocenters. The van der Waals surface area contributed by atoms with Crippen molar-refractivity contribution in [2.24, 2.45) is 5.92 Å². The number of halogens is 1. The summed E-state index contributed by atoms with van der Waals surface area (Å²) >= 11 is 0. The van der Waals surface area contributed by atoms with Crippen molar-refractivity contribution in [3.8, 4) is 5.69 Å². The van der Waals surface area contributed by atoms with Crippen molar-refractivity contribution in [3.63, 3.8) is 0 Å². The molecule has 2 rings (SSSR count). The van der Waals surface area contributed by atoms with Crippen molar-refractivity contribution in [1.29, 1.82) is 0 Å². The van der Waals surface area contributed by atoms with Crippen LogP contribution in [0.1, 0.15) is 18.3 Å². The van der Waals surface area contributed by atoms with Gasteiger partial charge in [-0.15, -0.1) is 12.4 Å². The summed E-state index contributed by atoms with van der Waals surface area (Å²) in [5.74, 6) is -0.0674. The second-order valence-electron chi connectivity index (χ2n) is 5.34. The highest BCUT2D eigenvalue weighted by atomic mass is 35.5. The van der Waals surface area contributed by atoms with E-state index in [0.717, 1.165) is 22.8 Å². The smallest absolute Gasteiger partial charge is 0.228 e. The van der Waals surface area contributed by atoms with Crippen LogP contribution < -0.4 is 10.6 Å². The van der Waals surface area contributed by atoms with Gasteiger partial charge >= 0.3 is 0 Å². The van der Waals surface area contributed by atoms with Crippen molar-refractivity contribution in [1.82, 2.24) is 15.1 Å². The number of amides is 1. The van der Waals surface area contributed by atoms with Crippen molar-refractivity contribution in [2.75, 3.05) is 18.9 Å². The molecule has 0 bridgehead atoms. The van der Waals surface area contributed by atoms with Gasteiger partial charge in [0.1, 0.15) is 0 Å². The minimum absolute atomic E-state index is 0. The molecule has 0 aliphatic heterocycles. The van der Waals surface area contributed by atoms with Gasteiger partial charge in [0.2, 0.25) is 5.91 Å². The lowest BCUT2D eigenvalue weighted by Crippen LogP contribution is -2.28. The molecule has 2 N–H and O–H groups in total. The number of hydrogen-bond donors (Lipinski definition) is 2. The van der Waals surface area contributed by atoms with Gasteiger partial charge in [0.05, 0.1) is 11.4 Å². The SMILES string of the molecule is CNCC(C)C(=O)Nc1cccc(-n2nc(C)cc2C)c1.Cl. The lowest BCUT2D eigenvalue weighted by molar-refractivity contribution is -0.119. The molecule has 0 saturated heterocycles. The Kier molecular flexibility index (Phi) is 6.59. The second kappa shape index (κ2) is 7.96. The van der Waals surface area contributed by atoms with Crippen molar-refractivity contribution in [3.05, 3.63) is 41.7 Å². The van der Waals surface area contributed by atoms with Crippen LogP contribution in [-0.2, 0) is 4.79 Å². The minimum atomic E-state index is -0.0765. The molecule has 1 aromatic carbocycles. The van der Waals surface area contributed by atoms with E-state index in [1.165, 1.54) is 0 Å². The van der Waals surface area contributed by atoms with Gasteiger partial charge in [-0.05, 0) is 45.2 Å². The number of nitrogens with one attached hydrogen (secondary N) is 2. The van der Waals surface area contributed by atoms with E-state index >= 15 is 0 Å². The molecule has 5 nitrogen and oxygen atoms in total. The lowest BCUT2D eigenvalue weighted by Gasteiger charge is -2.12.